The molecule has 1 aliphatic rings. The molecule has 1 aromatic heterocycles. The molecule has 1 unspecified atom stereocenters. The smallest absolute Gasteiger partial charge is 0.129 e. The molecule has 1 atom stereocenters. The SMILES string of the molecule is CCC1COCCN1c1cccc(CNC(C)(C)C)n1. The summed E-state index contributed by atoms with van der Waals surface area (Å²) >= 11 is 0. The van der Waals surface area contributed by atoms with Gasteiger partial charge in [-0.3, -0.25) is 0 Å². The minimum absolute atomic E-state index is 0.114. The average Bonchev–Trinajstić information content (AvgIpc) is 2.45. The Kier molecular flexibility index (Phi) is 5.00. The van der Waals surface area contributed by atoms with Gasteiger partial charge in [-0.1, -0.05) is 13.0 Å². The van der Waals surface area contributed by atoms with Gasteiger partial charge in [0, 0.05) is 18.6 Å². The Morgan fingerprint density at radius 2 is 2.20 bits per heavy atom. The van der Waals surface area contributed by atoms with Crippen LogP contribution in [-0.4, -0.2) is 36.3 Å². The Morgan fingerprint density at radius 1 is 1.40 bits per heavy atom. The van der Waals surface area contributed by atoms with Crippen LogP contribution in [0, 0.1) is 0 Å². The lowest BCUT2D eigenvalue weighted by atomic mass is 10.1. The third kappa shape index (κ3) is 4.18. The number of ether oxygens (including phenoxy) is 1. The van der Waals surface area contributed by atoms with E-state index in [1.165, 1.54) is 0 Å². The minimum atomic E-state index is 0.114. The molecular weight excluding hydrogens is 250 g/mol. The van der Waals surface area contributed by atoms with Crippen molar-refractivity contribution in [3.05, 3.63) is 23.9 Å². The van der Waals surface area contributed by atoms with Crippen LogP contribution < -0.4 is 10.2 Å². The van der Waals surface area contributed by atoms with Crippen molar-refractivity contribution in [1.29, 1.82) is 0 Å². The van der Waals surface area contributed by atoms with E-state index >= 15 is 0 Å². The molecule has 1 fully saturated rings. The Bertz CT molecular complexity index is 428. The number of nitrogens with one attached hydrogen (secondary N) is 1. The van der Waals surface area contributed by atoms with E-state index in [1.807, 2.05) is 0 Å². The van der Waals surface area contributed by atoms with Crippen LogP contribution in [0.15, 0.2) is 18.2 Å². The number of hydrogen-bond acceptors (Lipinski definition) is 4. The number of anilines is 1. The quantitative estimate of drug-likeness (QED) is 0.918. The second kappa shape index (κ2) is 6.55. The molecule has 1 saturated heterocycles. The fourth-order valence-electron chi connectivity index (χ4n) is 2.38. The van der Waals surface area contributed by atoms with Crippen LogP contribution >= 0.6 is 0 Å². The Balaban J connectivity index is 2.08. The molecule has 1 aromatic rings. The molecule has 2 rings (SSSR count). The van der Waals surface area contributed by atoms with Gasteiger partial charge in [0.15, 0.2) is 0 Å². The largest absolute Gasteiger partial charge is 0.377 e. The first kappa shape index (κ1) is 15.3. The molecule has 0 spiro atoms. The highest BCUT2D eigenvalue weighted by atomic mass is 16.5. The number of morpholine rings is 1. The lowest BCUT2D eigenvalue weighted by Gasteiger charge is -2.36. The fourth-order valence-corrected chi connectivity index (χ4v) is 2.38. The summed E-state index contributed by atoms with van der Waals surface area (Å²) in [5, 5.41) is 3.49. The van der Waals surface area contributed by atoms with Gasteiger partial charge in [0.25, 0.3) is 0 Å². The van der Waals surface area contributed by atoms with Crippen molar-refractivity contribution in [2.24, 2.45) is 0 Å². The highest BCUT2D eigenvalue weighted by Gasteiger charge is 2.22. The van der Waals surface area contributed by atoms with Gasteiger partial charge in [0.1, 0.15) is 5.82 Å². The summed E-state index contributed by atoms with van der Waals surface area (Å²) in [5.41, 5.74) is 1.21. The predicted molar refractivity (Wildman–Crippen MR) is 83.1 cm³/mol. The van der Waals surface area contributed by atoms with E-state index < -0.39 is 0 Å². The third-order valence-electron chi connectivity index (χ3n) is 3.58. The van der Waals surface area contributed by atoms with E-state index in [4.69, 9.17) is 9.72 Å². The first-order valence-corrected chi connectivity index (χ1v) is 7.55. The summed E-state index contributed by atoms with van der Waals surface area (Å²) in [6.07, 6.45) is 1.09. The normalized spacial score (nSPS) is 20.2. The number of pyridine rings is 1. The fraction of sp³-hybridized carbons (Fsp3) is 0.688. The lowest BCUT2D eigenvalue weighted by Crippen LogP contribution is -2.45. The van der Waals surface area contributed by atoms with Crippen molar-refractivity contribution in [3.63, 3.8) is 0 Å². The molecule has 4 nitrogen and oxygen atoms in total. The van der Waals surface area contributed by atoms with Gasteiger partial charge in [-0.15, -0.1) is 0 Å². The zero-order valence-corrected chi connectivity index (χ0v) is 13.1. The first-order valence-electron chi connectivity index (χ1n) is 7.55. The van der Waals surface area contributed by atoms with Crippen LogP contribution in [0.25, 0.3) is 0 Å². The number of nitrogens with zero attached hydrogens (tertiary/aromatic N) is 2. The molecular formula is C16H27N3O. The predicted octanol–water partition coefficient (Wildman–Crippen LogP) is 2.58. The minimum Gasteiger partial charge on any atom is -0.377 e. The second-order valence-corrected chi connectivity index (χ2v) is 6.42. The van der Waals surface area contributed by atoms with Crippen molar-refractivity contribution in [2.45, 2.75) is 52.2 Å². The van der Waals surface area contributed by atoms with Crippen molar-refractivity contribution in [1.82, 2.24) is 10.3 Å². The third-order valence-corrected chi connectivity index (χ3v) is 3.58. The van der Waals surface area contributed by atoms with Gasteiger partial charge in [0.05, 0.1) is 24.9 Å². The molecule has 4 heteroatoms. The van der Waals surface area contributed by atoms with E-state index in [0.717, 1.165) is 44.2 Å². The van der Waals surface area contributed by atoms with Crippen LogP contribution in [0.4, 0.5) is 5.82 Å². The lowest BCUT2D eigenvalue weighted by molar-refractivity contribution is 0.0925. The molecule has 0 saturated carbocycles. The Hall–Kier alpha value is -1.13. The summed E-state index contributed by atoms with van der Waals surface area (Å²) < 4.78 is 5.57. The Morgan fingerprint density at radius 3 is 2.90 bits per heavy atom. The standard InChI is InChI=1S/C16H27N3O/c1-5-14-12-20-10-9-19(14)15-8-6-7-13(18-15)11-17-16(2,3)4/h6-8,14,17H,5,9-12H2,1-4H3. The summed E-state index contributed by atoms with van der Waals surface area (Å²) in [6, 6.07) is 6.74. The van der Waals surface area contributed by atoms with Crippen LogP contribution in [0.3, 0.4) is 0 Å². The summed E-state index contributed by atoms with van der Waals surface area (Å²) in [5.74, 6) is 1.08. The highest BCUT2D eigenvalue weighted by Crippen LogP contribution is 2.19. The molecule has 20 heavy (non-hydrogen) atoms. The van der Waals surface area contributed by atoms with Crippen LogP contribution in [0.2, 0.25) is 0 Å². The maximum Gasteiger partial charge on any atom is 0.129 e. The van der Waals surface area contributed by atoms with Gasteiger partial charge < -0.3 is 15.0 Å². The van der Waals surface area contributed by atoms with E-state index in [1.54, 1.807) is 0 Å². The molecule has 1 aliphatic heterocycles. The zero-order valence-electron chi connectivity index (χ0n) is 13.1. The van der Waals surface area contributed by atoms with Gasteiger partial charge in [-0.2, -0.15) is 0 Å². The summed E-state index contributed by atoms with van der Waals surface area (Å²) in [4.78, 5) is 7.18. The zero-order chi connectivity index (χ0) is 14.6. The topological polar surface area (TPSA) is 37.4 Å². The molecule has 0 amide bonds. The summed E-state index contributed by atoms with van der Waals surface area (Å²) in [7, 11) is 0. The molecule has 2 heterocycles. The van der Waals surface area contributed by atoms with Gasteiger partial charge in [0.2, 0.25) is 0 Å². The molecule has 0 radical (unpaired) electrons. The molecule has 0 aromatic carbocycles. The van der Waals surface area contributed by atoms with Crippen LogP contribution in [-0.2, 0) is 11.3 Å². The van der Waals surface area contributed by atoms with Gasteiger partial charge in [-0.25, -0.2) is 4.98 Å². The number of rotatable bonds is 4. The Labute approximate surface area is 122 Å². The van der Waals surface area contributed by atoms with E-state index in [-0.39, 0.29) is 5.54 Å². The van der Waals surface area contributed by atoms with Crippen LogP contribution in [0.5, 0.6) is 0 Å². The maximum atomic E-state index is 5.57. The molecule has 1 N–H and O–H groups in total. The van der Waals surface area contributed by atoms with E-state index in [2.05, 4.69) is 56.1 Å². The number of hydrogen-bond donors (Lipinski definition) is 1. The van der Waals surface area contributed by atoms with Crippen molar-refractivity contribution >= 4 is 5.82 Å². The van der Waals surface area contributed by atoms with E-state index in [9.17, 15) is 0 Å². The van der Waals surface area contributed by atoms with Crippen LogP contribution in [0.1, 0.15) is 39.8 Å². The molecule has 0 bridgehead atoms. The highest BCUT2D eigenvalue weighted by molar-refractivity contribution is 5.41. The van der Waals surface area contributed by atoms with Crippen molar-refractivity contribution in [2.75, 3.05) is 24.7 Å². The average molecular weight is 277 g/mol. The van der Waals surface area contributed by atoms with E-state index in [0.29, 0.717) is 6.04 Å². The van der Waals surface area contributed by atoms with Crippen molar-refractivity contribution in [3.8, 4) is 0 Å². The van der Waals surface area contributed by atoms with Gasteiger partial charge in [-0.05, 0) is 39.3 Å². The molecule has 112 valence electrons. The molecule has 0 aliphatic carbocycles. The maximum absolute atomic E-state index is 5.57. The monoisotopic (exact) mass is 277 g/mol. The first-order chi connectivity index (χ1) is 9.49. The second-order valence-electron chi connectivity index (χ2n) is 6.42. The van der Waals surface area contributed by atoms with Gasteiger partial charge >= 0.3 is 0 Å². The number of aromatic nitrogens is 1. The van der Waals surface area contributed by atoms with Crippen molar-refractivity contribution < 1.29 is 4.74 Å². The summed E-state index contributed by atoms with van der Waals surface area (Å²) in [6.45, 7) is 12.1.